The van der Waals surface area contributed by atoms with Crippen LogP contribution in [0.2, 0.25) is 0 Å². The first-order chi connectivity index (χ1) is 7.91. The lowest BCUT2D eigenvalue weighted by Crippen LogP contribution is -1.82. The van der Waals surface area contributed by atoms with E-state index in [1.54, 1.807) is 7.11 Å². The minimum absolute atomic E-state index is 0.761. The van der Waals surface area contributed by atoms with Gasteiger partial charge in [0.25, 0.3) is 0 Å². The second-order valence-corrected chi connectivity index (χ2v) is 4.54. The number of hydrogen-bond acceptors (Lipinski definition) is 1. The summed E-state index contributed by atoms with van der Waals surface area (Å²) in [6.07, 6.45) is 18.3. The summed E-state index contributed by atoms with van der Waals surface area (Å²) in [6, 6.07) is 0. The Morgan fingerprint density at radius 2 is 1.31 bits per heavy atom. The molecule has 0 saturated carbocycles. The molecule has 0 rings (SSSR count). The average Bonchev–Trinajstić information content (AvgIpc) is 2.31. The highest BCUT2D eigenvalue weighted by Crippen LogP contribution is 2.10. The van der Waals surface area contributed by atoms with Gasteiger partial charge in [-0.25, -0.2) is 0 Å². The molecule has 0 aromatic carbocycles. The standard InChI is InChI=1S/C15H30O/c1-3-4-5-6-7-8-9-10-11-12-13-14-15-16-2/h13-14H,3-12,15H2,1-2H3. The molecule has 0 aliphatic heterocycles. The van der Waals surface area contributed by atoms with Gasteiger partial charge in [-0.3, -0.25) is 0 Å². The van der Waals surface area contributed by atoms with E-state index in [1.807, 2.05) is 0 Å². The first kappa shape index (κ1) is 15.7. The van der Waals surface area contributed by atoms with Crippen LogP contribution in [-0.2, 0) is 4.74 Å². The maximum atomic E-state index is 4.95. The molecule has 0 heterocycles. The van der Waals surface area contributed by atoms with E-state index in [1.165, 1.54) is 64.2 Å². The van der Waals surface area contributed by atoms with E-state index >= 15 is 0 Å². The maximum absolute atomic E-state index is 4.95. The van der Waals surface area contributed by atoms with Crippen LogP contribution in [0.3, 0.4) is 0 Å². The fraction of sp³-hybridized carbons (Fsp3) is 0.867. The lowest BCUT2D eigenvalue weighted by atomic mass is 10.1. The first-order valence-electron chi connectivity index (χ1n) is 7.05. The largest absolute Gasteiger partial charge is 0.381 e. The van der Waals surface area contributed by atoms with Crippen molar-refractivity contribution in [3.05, 3.63) is 12.2 Å². The molecule has 0 radical (unpaired) electrons. The zero-order chi connectivity index (χ0) is 11.9. The zero-order valence-corrected chi connectivity index (χ0v) is 11.3. The molecular weight excluding hydrogens is 196 g/mol. The minimum Gasteiger partial charge on any atom is -0.381 e. The molecule has 0 aromatic heterocycles. The van der Waals surface area contributed by atoms with Crippen molar-refractivity contribution in [2.24, 2.45) is 0 Å². The fourth-order valence-electron chi connectivity index (χ4n) is 1.85. The Hall–Kier alpha value is -0.300. The van der Waals surface area contributed by atoms with Gasteiger partial charge in [-0.05, 0) is 12.8 Å². The molecule has 1 heteroatoms. The highest BCUT2D eigenvalue weighted by molar-refractivity contribution is 4.80. The maximum Gasteiger partial charge on any atom is 0.0643 e. The molecule has 1 nitrogen and oxygen atoms in total. The topological polar surface area (TPSA) is 9.23 Å². The van der Waals surface area contributed by atoms with Crippen LogP contribution < -0.4 is 0 Å². The van der Waals surface area contributed by atoms with Gasteiger partial charge in [0.15, 0.2) is 0 Å². The third-order valence-corrected chi connectivity index (χ3v) is 2.90. The van der Waals surface area contributed by atoms with E-state index in [4.69, 9.17) is 4.74 Å². The summed E-state index contributed by atoms with van der Waals surface area (Å²) in [6.45, 7) is 3.04. The van der Waals surface area contributed by atoms with Crippen LogP contribution in [0.5, 0.6) is 0 Å². The van der Waals surface area contributed by atoms with Crippen LogP contribution in [0, 0.1) is 0 Å². The fourth-order valence-corrected chi connectivity index (χ4v) is 1.85. The van der Waals surface area contributed by atoms with E-state index in [9.17, 15) is 0 Å². The summed E-state index contributed by atoms with van der Waals surface area (Å²) in [5.74, 6) is 0. The smallest absolute Gasteiger partial charge is 0.0643 e. The van der Waals surface area contributed by atoms with Crippen molar-refractivity contribution in [2.75, 3.05) is 13.7 Å². The molecule has 0 aliphatic carbocycles. The Balaban J connectivity index is 2.93. The molecule has 96 valence electrons. The molecule has 0 fully saturated rings. The Morgan fingerprint density at radius 3 is 1.88 bits per heavy atom. The molecule has 0 aromatic rings. The predicted molar refractivity (Wildman–Crippen MR) is 72.9 cm³/mol. The molecule has 0 atom stereocenters. The first-order valence-corrected chi connectivity index (χ1v) is 7.05. The number of unbranched alkanes of at least 4 members (excludes halogenated alkanes) is 9. The van der Waals surface area contributed by atoms with Gasteiger partial charge in [0, 0.05) is 7.11 Å². The Bertz CT molecular complexity index is 140. The summed E-state index contributed by atoms with van der Waals surface area (Å²) >= 11 is 0. The van der Waals surface area contributed by atoms with Crippen molar-refractivity contribution in [1.29, 1.82) is 0 Å². The summed E-state index contributed by atoms with van der Waals surface area (Å²) in [5.41, 5.74) is 0. The van der Waals surface area contributed by atoms with Crippen molar-refractivity contribution in [1.82, 2.24) is 0 Å². The van der Waals surface area contributed by atoms with Gasteiger partial charge in [-0.15, -0.1) is 0 Å². The van der Waals surface area contributed by atoms with Gasteiger partial charge in [0.1, 0.15) is 0 Å². The molecule has 0 aliphatic rings. The molecule has 0 N–H and O–H groups in total. The molecule has 16 heavy (non-hydrogen) atoms. The van der Waals surface area contributed by atoms with Gasteiger partial charge >= 0.3 is 0 Å². The van der Waals surface area contributed by atoms with Gasteiger partial charge in [-0.2, -0.15) is 0 Å². The quantitative estimate of drug-likeness (QED) is 0.332. The van der Waals surface area contributed by atoms with E-state index in [2.05, 4.69) is 19.1 Å². The third-order valence-electron chi connectivity index (χ3n) is 2.90. The SMILES string of the molecule is CCCCCCCCCCCC=CCOC. The molecule has 0 amide bonds. The minimum atomic E-state index is 0.761. The van der Waals surface area contributed by atoms with Gasteiger partial charge in [0.2, 0.25) is 0 Å². The van der Waals surface area contributed by atoms with Crippen LogP contribution in [0.1, 0.15) is 71.1 Å². The van der Waals surface area contributed by atoms with E-state index in [-0.39, 0.29) is 0 Å². The monoisotopic (exact) mass is 226 g/mol. The lowest BCUT2D eigenvalue weighted by molar-refractivity contribution is 0.233. The molecular formula is C15H30O. The van der Waals surface area contributed by atoms with Crippen LogP contribution in [0.15, 0.2) is 12.2 Å². The average molecular weight is 226 g/mol. The van der Waals surface area contributed by atoms with Crippen molar-refractivity contribution in [3.63, 3.8) is 0 Å². The normalized spacial score (nSPS) is 11.4. The number of allylic oxidation sites excluding steroid dienone is 1. The van der Waals surface area contributed by atoms with E-state index < -0.39 is 0 Å². The van der Waals surface area contributed by atoms with E-state index in [0.717, 1.165) is 6.61 Å². The highest BCUT2D eigenvalue weighted by Gasteiger charge is 1.90. The van der Waals surface area contributed by atoms with Gasteiger partial charge in [-0.1, -0.05) is 70.4 Å². The summed E-state index contributed by atoms with van der Waals surface area (Å²) in [7, 11) is 1.74. The Morgan fingerprint density at radius 1 is 0.750 bits per heavy atom. The number of methoxy groups -OCH3 is 1. The number of rotatable bonds is 12. The van der Waals surface area contributed by atoms with Crippen LogP contribution in [0.4, 0.5) is 0 Å². The summed E-state index contributed by atoms with van der Waals surface area (Å²) in [4.78, 5) is 0. The highest BCUT2D eigenvalue weighted by atomic mass is 16.5. The second kappa shape index (κ2) is 14.7. The molecule has 0 saturated heterocycles. The van der Waals surface area contributed by atoms with E-state index in [0.29, 0.717) is 0 Å². The summed E-state index contributed by atoms with van der Waals surface area (Å²) < 4.78 is 4.95. The van der Waals surface area contributed by atoms with Crippen molar-refractivity contribution in [3.8, 4) is 0 Å². The van der Waals surface area contributed by atoms with Crippen LogP contribution >= 0.6 is 0 Å². The predicted octanol–water partition coefficient (Wildman–Crippen LogP) is 5.11. The van der Waals surface area contributed by atoms with Crippen molar-refractivity contribution in [2.45, 2.75) is 71.1 Å². The Labute approximate surface area is 102 Å². The van der Waals surface area contributed by atoms with Crippen molar-refractivity contribution < 1.29 is 4.74 Å². The Kier molecular flexibility index (Phi) is 14.4. The zero-order valence-electron chi connectivity index (χ0n) is 11.3. The molecule has 0 spiro atoms. The summed E-state index contributed by atoms with van der Waals surface area (Å²) in [5, 5.41) is 0. The van der Waals surface area contributed by atoms with Crippen LogP contribution in [0.25, 0.3) is 0 Å². The number of ether oxygens (including phenoxy) is 1. The van der Waals surface area contributed by atoms with Crippen molar-refractivity contribution >= 4 is 0 Å². The lowest BCUT2D eigenvalue weighted by Gasteiger charge is -2.00. The number of hydrogen-bond donors (Lipinski definition) is 0. The third kappa shape index (κ3) is 13.7. The van der Waals surface area contributed by atoms with Gasteiger partial charge < -0.3 is 4.74 Å². The molecule has 0 unspecified atom stereocenters. The second-order valence-electron chi connectivity index (χ2n) is 4.54. The molecule has 0 bridgehead atoms. The van der Waals surface area contributed by atoms with Crippen LogP contribution in [-0.4, -0.2) is 13.7 Å². The van der Waals surface area contributed by atoms with Gasteiger partial charge in [0.05, 0.1) is 6.61 Å².